The van der Waals surface area contributed by atoms with Gasteiger partial charge in [0.2, 0.25) is 0 Å². The molecule has 0 radical (unpaired) electrons. The topological polar surface area (TPSA) is 33.1 Å². The van der Waals surface area contributed by atoms with Crippen molar-refractivity contribution < 1.29 is 9.50 Å². The molecular weight excluding hydrogens is 217 g/mol. The molecule has 1 N–H and O–H groups in total. The molecule has 3 heteroatoms. The smallest absolute Gasteiger partial charge is 0.129 e. The van der Waals surface area contributed by atoms with Crippen molar-refractivity contribution >= 4 is 0 Å². The standard InChI is InChI=1S/C14H14FNO/c1-9-6-10(2)13(12(15)7-9)14(17)11-4-3-5-16-8-11/h3-8,14,17H,1-2H3. The molecule has 1 aromatic heterocycles. The minimum absolute atomic E-state index is 0.323. The number of aromatic nitrogens is 1. The summed E-state index contributed by atoms with van der Waals surface area (Å²) in [5.41, 5.74) is 2.52. The Morgan fingerprint density at radius 2 is 2.06 bits per heavy atom. The summed E-state index contributed by atoms with van der Waals surface area (Å²) in [6.45, 7) is 3.63. The van der Waals surface area contributed by atoms with Crippen LogP contribution in [-0.2, 0) is 0 Å². The fourth-order valence-corrected chi connectivity index (χ4v) is 1.98. The lowest BCUT2D eigenvalue weighted by atomic mass is 9.96. The molecule has 88 valence electrons. The highest BCUT2D eigenvalue weighted by molar-refractivity contribution is 5.37. The van der Waals surface area contributed by atoms with Gasteiger partial charge in [-0.25, -0.2) is 4.39 Å². The minimum atomic E-state index is -0.968. The van der Waals surface area contributed by atoms with Crippen LogP contribution in [0.3, 0.4) is 0 Å². The quantitative estimate of drug-likeness (QED) is 0.862. The maximum absolute atomic E-state index is 13.9. The first-order valence-electron chi connectivity index (χ1n) is 5.44. The molecule has 1 atom stereocenters. The third-order valence-electron chi connectivity index (χ3n) is 2.75. The Bertz CT molecular complexity index is 502. The van der Waals surface area contributed by atoms with Gasteiger partial charge in [-0.1, -0.05) is 12.1 Å². The van der Waals surface area contributed by atoms with E-state index in [1.807, 2.05) is 13.0 Å². The molecule has 1 aromatic carbocycles. The lowest BCUT2D eigenvalue weighted by molar-refractivity contribution is 0.213. The first-order valence-corrected chi connectivity index (χ1v) is 5.44. The van der Waals surface area contributed by atoms with Crippen LogP contribution >= 0.6 is 0 Å². The molecule has 1 heterocycles. The third kappa shape index (κ3) is 2.34. The minimum Gasteiger partial charge on any atom is -0.383 e. The molecule has 0 amide bonds. The Morgan fingerprint density at radius 3 is 2.65 bits per heavy atom. The maximum Gasteiger partial charge on any atom is 0.129 e. The number of aliphatic hydroxyl groups excluding tert-OH is 1. The number of hydrogen-bond donors (Lipinski definition) is 1. The van der Waals surface area contributed by atoms with E-state index in [0.29, 0.717) is 11.1 Å². The monoisotopic (exact) mass is 231 g/mol. The van der Waals surface area contributed by atoms with E-state index in [0.717, 1.165) is 11.1 Å². The van der Waals surface area contributed by atoms with Crippen molar-refractivity contribution in [3.05, 3.63) is 64.7 Å². The lowest BCUT2D eigenvalue weighted by Crippen LogP contribution is -2.06. The Labute approximate surface area is 99.8 Å². The Balaban J connectivity index is 2.48. The van der Waals surface area contributed by atoms with Crippen molar-refractivity contribution in [1.29, 1.82) is 0 Å². The van der Waals surface area contributed by atoms with Gasteiger partial charge in [0, 0.05) is 23.5 Å². The summed E-state index contributed by atoms with van der Waals surface area (Å²) in [5.74, 6) is -0.376. The van der Waals surface area contributed by atoms with Gasteiger partial charge < -0.3 is 5.11 Å². The number of hydrogen-bond acceptors (Lipinski definition) is 2. The highest BCUT2D eigenvalue weighted by atomic mass is 19.1. The number of aliphatic hydroxyl groups is 1. The SMILES string of the molecule is Cc1cc(C)c(C(O)c2cccnc2)c(F)c1. The number of pyridine rings is 1. The summed E-state index contributed by atoms with van der Waals surface area (Å²) in [7, 11) is 0. The number of benzene rings is 1. The molecule has 17 heavy (non-hydrogen) atoms. The van der Waals surface area contributed by atoms with Crippen LogP contribution in [0.15, 0.2) is 36.7 Å². The molecule has 0 aliphatic heterocycles. The van der Waals surface area contributed by atoms with Gasteiger partial charge in [0.1, 0.15) is 11.9 Å². The van der Waals surface area contributed by atoms with E-state index in [4.69, 9.17) is 0 Å². The fraction of sp³-hybridized carbons (Fsp3) is 0.214. The predicted octanol–water partition coefficient (Wildman–Crippen LogP) is 2.92. The summed E-state index contributed by atoms with van der Waals surface area (Å²) >= 11 is 0. The van der Waals surface area contributed by atoms with E-state index < -0.39 is 6.10 Å². The van der Waals surface area contributed by atoms with E-state index in [9.17, 15) is 9.50 Å². The van der Waals surface area contributed by atoms with Gasteiger partial charge in [0.15, 0.2) is 0 Å². The first kappa shape index (κ1) is 11.7. The zero-order valence-corrected chi connectivity index (χ0v) is 9.81. The van der Waals surface area contributed by atoms with Crippen molar-refractivity contribution in [3.63, 3.8) is 0 Å². The fourth-order valence-electron chi connectivity index (χ4n) is 1.98. The molecule has 0 aliphatic carbocycles. The summed E-state index contributed by atoms with van der Waals surface area (Å²) < 4.78 is 13.9. The second-order valence-corrected chi connectivity index (χ2v) is 4.17. The van der Waals surface area contributed by atoms with Crippen LogP contribution < -0.4 is 0 Å². The van der Waals surface area contributed by atoms with Crippen LogP contribution in [0.2, 0.25) is 0 Å². The van der Waals surface area contributed by atoms with E-state index in [-0.39, 0.29) is 5.82 Å². The highest BCUT2D eigenvalue weighted by Crippen LogP contribution is 2.27. The Kier molecular flexibility index (Phi) is 3.20. The molecule has 0 saturated heterocycles. The maximum atomic E-state index is 13.9. The first-order chi connectivity index (χ1) is 8.09. The largest absolute Gasteiger partial charge is 0.383 e. The number of rotatable bonds is 2. The van der Waals surface area contributed by atoms with E-state index in [2.05, 4.69) is 4.98 Å². The van der Waals surface area contributed by atoms with Crippen molar-refractivity contribution in [3.8, 4) is 0 Å². The highest BCUT2D eigenvalue weighted by Gasteiger charge is 2.17. The number of nitrogens with zero attached hydrogens (tertiary/aromatic N) is 1. The van der Waals surface area contributed by atoms with Crippen molar-refractivity contribution in [2.75, 3.05) is 0 Å². The van der Waals surface area contributed by atoms with Gasteiger partial charge in [0.25, 0.3) is 0 Å². The van der Waals surface area contributed by atoms with E-state index in [1.54, 1.807) is 31.5 Å². The normalized spacial score (nSPS) is 12.5. The lowest BCUT2D eigenvalue weighted by Gasteiger charge is -2.15. The summed E-state index contributed by atoms with van der Waals surface area (Å²) in [5, 5.41) is 10.2. The summed E-state index contributed by atoms with van der Waals surface area (Å²) in [4.78, 5) is 3.93. The second-order valence-electron chi connectivity index (χ2n) is 4.17. The molecule has 0 saturated carbocycles. The average molecular weight is 231 g/mol. The molecule has 0 spiro atoms. The molecular formula is C14H14FNO. The predicted molar refractivity (Wildman–Crippen MR) is 64.2 cm³/mol. The summed E-state index contributed by atoms with van der Waals surface area (Å²) in [6, 6.07) is 6.75. The van der Waals surface area contributed by atoms with Crippen LogP contribution in [0.5, 0.6) is 0 Å². The zero-order valence-electron chi connectivity index (χ0n) is 9.81. The van der Waals surface area contributed by atoms with E-state index >= 15 is 0 Å². The van der Waals surface area contributed by atoms with Crippen molar-refractivity contribution in [2.45, 2.75) is 20.0 Å². The van der Waals surface area contributed by atoms with Crippen LogP contribution in [0.25, 0.3) is 0 Å². The van der Waals surface area contributed by atoms with Crippen LogP contribution in [0, 0.1) is 19.7 Å². The van der Waals surface area contributed by atoms with Crippen LogP contribution in [0.1, 0.15) is 28.4 Å². The Morgan fingerprint density at radius 1 is 1.29 bits per heavy atom. The third-order valence-corrected chi connectivity index (χ3v) is 2.75. The van der Waals surface area contributed by atoms with Gasteiger partial charge in [-0.15, -0.1) is 0 Å². The zero-order chi connectivity index (χ0) is 12.4. The van der Waals surface area contributed by atoms with Gasteiger partial charge in [-0.3, -0.25) is 4.98 Å². The Hall–Kier alpha value is -1.74. The molecule has 0 aliphatic rings. The van der Waals surface area contributed by atoms with Gasteiger partial charge >= 0.3 is 0 Å². The van der Waals surface area contributed by atoms with Gasteiger partial charge in [-0.2, -0.15) is 0 Å². The number of aryl methyl sites for hydroxylation is 2. The molecule has 1 unspecified atom stereocenters. The molecule has 0 fully saturated rings. The molecule has 0 bridgehead atoms. The van der Waals surface area contributed by atoms with Crippen molar-refractivity contribution in [1.82, 2.24) is 4.98 Å². The summed E-state index contributed by atoms with van der Waals surface area (Å²) in [6.07, 6.45) is 2.20. The average Bonchev–Trinajstić information content (AvgIpc) is 2.28. The molecule has 2 nitrogen and oxygen atoms in total. The van der Waals surface area contributed by atoms with Gasteiger partial charge in [-0.05, 0) is 37.1 Å². The van der Waals surface area contributed by atoms with Crippen LogP contribution in [0.4, 0.5) is 4.39 Å². The second kappa shape index (κ2) is 4.63. The van der Waals surface area contributed by atoms with E-state index in [1.165, 1.54) is 6.07 Å². The van der Waals surface area contributed by atoms with Crippen LogP contribution in [-0.4, -0.2) is 10.1 Å². The molecule has 2 rings (SSSR count). The number of halogens is 1. The molecule has 2 aromatic rings. The van der Waals surface area contributed by atoms with Crippen molar-refractivity contribution in [2.24, 2.45) is 0 Å². The van der Waals surface area contributed by atoms with Gasteiger partial charge in [0.05, 0.1) is 0 Å².